The Balaban J connectivity index is 1.29. The second kappa shape index (κ2) is 8.78. The molecule has 1 fully saturated rings. The molecule has 1 atom stereocenters. The molecule has 0 unspecified atom stereocenters. The summed E-state index contributed by atoms with van der Waals surface area (Å²) < 4.78 is 5.47. The van der Waals surface area contributed by atoms with Gasteiger partial charge in [0.2, 0.25) is 5.91 Å². The number of aromatic nitrogens is 2. The van der Waals surface area contributed by atoms with Crippen molar-refractivity contribution in [3.63, 3.8) is 0 Å². The summed E-state index contributed by atoms with van der Waals surface area (Å²) in [5.74, 6) is 2.46. The maximum atomic E-state index is 12.7. The molecule has 0 spiro atoms. The van der Waals surface area contributed by atoms with Crippen LogP contribution in [0.5, 0.6) is 5.75 Å². The molecule has 7 heteroatoms. The first-order chi connectivity index (χ1) is 14.2. The largest absolute Gasteiger partial charge is 0.495 e. The maximum Gasteiger partial charge on any atom is 0.232 e. The van der Waals surface area contributed by atoms with E-state index < -0.39 is 0 Å². The van der Waals surface area contributed by atoms with Gasteiger partial charge in [-0.2, -0.15) is 0 Å². The number of carbonyl (C=O) groups excluding carboxylic acids is 1. The van der Waals surface area contributed by atoms with Crippen molar-refractivity contribution in [2.75, 3.05) is 43.9 Å². The second-order valence-electron chi connectivity index (χ2n) is 7.13. The van der Waals surface area contributed by atoms with E-state index in [0.29, 0.717) is 5.75 Å². The Labute approximate surface area is 175 Å². The Morgan fingerprint density at radius 1 is 1.14 bits per heavy atom. The summed E-state index contributed by atoms with van der Waals surface area (Å²) in [6, 6.07) is 16.0. The van der Waals surface area contributed by atoms with E-state index in [0.717, 1.165) is 54.5 Å². The van der Waals surface area contributed by atoms with Crippen LogP contribution in [0.15, 0.2) is 48.5 Å². The van der Waals surface area contributed by atoms with Crippen LogP contribution in [0.25, 0.3) is 11.0 Å². The van der Waals surface area contributed by atoms with E-state index in [-0.39, 0.29) is 11.2 Å². The smallest absolute Gasteiger partial charge is 0.232 e. The van der Waals surface area contributed by atoms with E-state index >= 15 is 0 Å². The molecule has 2 aromatic carbocycles. The summed E-state index contributed by atoms with van der Waals surface area (Å²) >= 11 is 1.63. The van der Waals surface area contributed by atoms with Gasteiger partial charge in [0, 0.05) is 26.2 Å². The third-order valence-electron chi connectivity index (χ3n) is 5.31. The molecule has 152 valence electrons. The zero-order chi connectivity index (χ0) is 20.2. The van der Waals surface area contributed by atoms with Crippen LogP contribution in [0.2, 0.25) is 0 Å². The number of thioether (sulfide) groups is 1. The molecule has 1 N–H and O–H groups in total. The quantitative estimate of drug-likeness (QED) is 0.671. The van der Waals surface area contributed by atoms with Gasteiger partial charge in [0.15, 0.2) is 0 Å². The molecule has 6 nitrogen and oxygen atoms in total. The van der Waals surface area contributed by atoms with Gasteiger partial charge in [-0.3, -0.25) is 4.79 Å². The third kappa shape index (κ3) is 4.34. The summed E-state index contributed by atoms with van der Waals surface area (Å²) in [6.07, 6.45) is 0. The SMILES string of the molecule is COc1ccccc1N1CCN(C(=O)CS[C@H](C)c2nc3ccccc3[nH]2)CC1. The molecular formula is C22H26N4O2S. The number of piperazine rings is 1. The van der Waals surface area contributed by atoms with Crippen molar-refractivity contribution in [1.29, 1.82) is 0 Å². The maximum absolute atomic E-state index is 12.7. The summed E-state index contributed by atoms with van der Waals surface area (Å²) in [4.78, 5) is 25.0. The third-order valence-corrected chi connectivity index (χ3v) is 6.44. The van der Waals surface area contributed by atoms with E-state index in [1.165, 1.54) is 0 Å². The van der Waals surface area contributed by atoms with E-state index in [2.05, 4.69) is 27.9 Å². The minimum atomic E-state index is 0.140. The Morgan fingerprint density at radius 3 is 2.62 bits per heavy atom. The number of ether oxygens (including phenoxy) is 1. The molecule has 1 aromatic heterocycles. The molecule has 1 amide bonds. The number of methoxy groups -OCH3 is 1. The van der Waals surface area contributed by atoms with Crippen LogP contribution >= 0.6 is 11.8 Å². The molecular weight excluding hydrogens is 384 g/mol. The van der Waals surface area contributed by atoms with Gasteiger partial charge >= 0.3 is 0 Å². The van der Waals surface area contributed by atoms with Crippen LogP contribution in [0.4, 0.5) is 5.69 Å². The molecule has 3 aromatic rings. The van der Waals surface area contributed by atoms with Gasteiger partial charge in [-0.1, -0.05) is 24.3 Å². The molecule has 29 heavy (non-hydrogen) atoms. The van der Waals surface area contributed by atoms with E-state index in [1.54, 1.807) is 18.9 Å². The van der Waals surface area contributed by atoms with Gasteiger partial charge in [0.25, 0.3) is 0 Å². The number of imidazole rings is 1. The van der Waals surface area contributed by atoms with Crippen LogP contribution in [-0.2, 0) is 4.79 Å². The fourth-order valence-corrected chi connectivity index (χ4v) is 4.46. The average Bonchev–Trinajstić information content (AvgIpc) is 3.22. The molecule has 0 bridgehead atoms. The lowest BCUT2D eigenvalue weighted by atomic mass is 10.2. The Kier molecular flexibility index (Phi) is 5.94. The van der Waals surface area contributed by atoms with Crippen LogP contribution in [-0.4, -0.2) is 59.8 Å². The monoisotopic (exact) mass is 410 g/mol. The van der Waals surface area contributed by atoms with Gasteiger partial charge in [0.1, 0.15) is 11.6 Å². The number of nitrogens with one attached hydrogen (secondary N) is 1. The number of benzene rings is 2. The summed E-state index contributed by atoms with van der Waals surface area (Å²) in [6.45, 7) is 5.19. The number of rotatable bonds is 6. The van der Waals surface area contributed by atoms with Crippen molar-refractivity contribution >= 4 is 34.4 Å². The molecule has 0 saturated carbocycles. The number of fused-ring (bicyclic) bond motifs is 1. The number of hydrogen-bond acceptors (Lipinski definition) is 5. The Bertz CT molecular complexity index is 949. The second-order valence-corrected chi connectivity index (χ2v) is 8.46. The Morgan fingerprint density at radius 2 is 1.86 bits per heavy atom. The van der Waals surface area contributed by atoms with Crippen LogP contribution in [0, 0.1) is 0 Å². The molecule has 4 rings (SSSR count). The van der Waals surface area contributed by atoms with Crippen molar-refractivity contribution in [3.05, 3.63) is 54.4 Å². The summed E-state index contributed by atoms with van der Waals surface area (Å²) in [5, 5.41) is 0.140. The lowest BCUT2D eigenvalue weighted by Crippen LogP contribution is -2.49. The number of para-hydroxylation sites is 4. The standard InChI is InChI=1S/C22H26N4O2S/c1-16(22-23-17-7-3-4-8-18(17)24-22)29-15-21(27)26-13-11-25(12-14-26)19-9-5-6-10-20(19)28-2/h3-10,16H,11-15H2,1-2H3,(H,23,24)/t16-/m1/s1. The van der Waals surface area contributed by atoms with Crippen molar-refractivity contribution < 1.29 is 9.53 Å². The van der Waals surface area contributed by atoms with Crippen molar-refractivity contribution in [1.82, 2.24) is 14.9 Å². The number of hydrogen-bond donors (Lipinski definition) is 1. The van der Waals surface area contributed by atoms with Crippen molar-refractivity contribution in [3.8, 4) is 5.75 Å². The van der Waals surface area contributed by atoms with Gasteiger partial charge in [0.05, 0.1) is 34.8 Å². The fraction of sp³-hybridized carbons (Fsp3) is 0.364. The number of aromatic amines is 1. The highest BCUT2D eigenvalue weighted by Gasteiger charge is 2.23. The predicted octanol–water partition coefficient (Wildman–Crippen LogP) is 3.71. The molecule has 1 saturated heterocycles. The number of carbonyl (C=O) groups is 1. The highest BCUT2D eigenvalue weighted by molar-refractivity contribution is 8.00. The molecule has 2 heterocycles. The zero-order valence-electron chi connectivity index (χ0n) is 16.8. The predicted molar refractivity (Wildman–Crippen MR) is 119 cm³/mol. The topological polar surface area (TPSA) is 61.5 Å². The lowest BCUT2D eigenvalue weighted by molar-refractivity contribution is -0.128. The average molecular weight is 411 g/mol. The van der Waals surface area contributed by atoms with Gasteiger partial charge in [-0.05, 0) is 31.2 Å². The van der Waals surface area contributed by atoms with Crippen molar-refractivity contribution in [2.24, 2.45) is 0 Å². The van der Waals surface area contributed by atoms with Gasteiger partial charge < -0.3 is 19.5 Å². The number of anilines is 1. The first-order valence-electron chi connectivity index (χ1n) is 9.87. The number of H-pyrrole nitrogens is 1. The van der Waals surface area contributed by atoms with Crippen LogP contribution < -0.4 is 9.64 Å². The number of amides is 1. The van der Waals surface area contributed by atoms with Crippen molar-refractivity contribution in [2.45, 2.75) is 12.2 Å². The Hall–Kier alpha value is -2.67. The number of nitrogens with zero attached hydrogens (tertiary/aromatic N) is 3. The first kappa shape index (κ1) is 19.6. The zero-order valence-corrected chi connectivity index (χ0v) is 17.6. The normalized spacial score (nSPS) is 15.5. The summed E-state index contributed by atoms with van der Waals surface area (Å²) in [5.41, 5.74) is 3.09. The highest BCUT2D eigenvalue weighted by atomic mass is 32.2. The summed E-state index contributed by atoms with van der Waals surface area (Å²) in [7, 11) is 1.69. The van der Waals surface area contributed by atoms with Crippen LogP contribution in [0.1, 0.15) is 18.0 Å². The minimum Gasteiger partial charge on any atom is -0.495 e. The molecule has 1 aliphatic rings. The van der Waals surface area contributed by atoms with E-state index in [4.69, 9.17) is 4.74 Å². The highest BCUT2D eigenvalue weighted by Crippen LogP contribution is 2.30. The molecule has 1 aliphatic heterocycles. The first-order valence-corrected chi connectivity index (χ1v) is 10.9. The van der Waals surface area contributed by atoms with Gasteiger partial charge in [-0.25, -0.2) is 4.98 Å². The molecule has 0 aliphatic carbocycles. The minimum absolute atomic E-state index is 0.140. The van der Waals surface area contributed by atoms with E-state index in [9.17, 15) is 4.79 Å². The van der Waals surface area contributed by atoms with Crippen LogP contribution in [0.3, 0.4) is 0 Å². The fourth-order valence-electron chi connectivity index (χ4n) is 3.62. The van der Waals surface area contributed by atoms with Gasteiger partial charge in [-0.15, -0.1) is 11.8 Å². The lowest BCUT2D eigenvalue weighted by Gasteiger charge is -2.36. The molecule has 0 radical (unpaired) electrons. The van der Waals surface area contributed by atoms with E-state index in [1.807, 2.05) is 47.4 Å².